The summed E-state index contributed by atoms with van der Waals surface area (Å²) in [5, 5.41) is 0. The topological polar surface area (TPSA) is 38.8 Å². The molecule has 3 aromatic rings. The van der Waals surface area contributed by atoms with Crippen molar-refractivity contribution in [2.45, 2.75) is 18.4 Å². The monoisotopic (exact) mass is 493 g/mol. The molecule has 0 aliphatic carbocycles. The molecule has 0 bridgehead atoms. The van der Waals surface area contributed by atoms with Crippen LogP contribution in [0.15, 0.2) is 82.6 Å². The van der Waals surface area contributed by atoms with Crippen molar-refractivity contribution in [3.63, 3.8) is 0 Å². The van der Waals surface area contributed by atoms with Crippen LogP contribution in [0.3, 0.4) is 0 Å². The fraction of sp³-hybridized carbons (Fsp3) is 0.154. The highest BCUT2D eigenvalue weighted by atomic mass is 32.2. The van der Waals surface area contributed by atoms with Gasteiger partial charge in [0.1, 0.15) is 6.61 Å². The first kappa shape index (κ1) is 23.4. The predicted molar refractivity (Wildman–Crippen MR) is 142 cm³/mol. The Morgan fingerprint density at radius 3 is 2.58 bits per heavy atom. The summed E-state index contributed by atoms with van der Waals surface area (Å²) in [6.07, 6.45) is 3.85. The van der Waals surface area contributed by atoms with Gasteiger partial charge in [-0.1, -0.05) is 66.4 Å². The number of amides is 1. The van der Waals surface area contributed by atoms with Gasteiger partial charge >= 0.3 is 0 Å². The maximum Gasteiger partial charge on any atom is 0.270 e. The van der Waals surface area contributed by atoms with E-state index >= 15 is 0 Å². The highest BCUT2D eigenvalue weighted by Crippen LogP contribution is 2.38. The number of hydrogen-bond donors (Lipinski definition) is 0. The van der Waals surface area contributed by atoms with Gasteiger partial charge in [-0.25, -0.2) is 0 Å². The first-order chi connectivity index (χ1) is 16.1. The number of rotatable bonds is 8. The molecule has 0 N–H and O–H groups in total. The molecule has 0 atom stereocenters. The van der Waals surface area contributed by atoms with Gasteiger partial charge in [-0.3, -0.25) is 9.69 Å². The van der Waals surface area contributed by atoms with Crippen LogP contribution in [0.25, 0.3) is 6.08 Å². The molecule has 1 heterocycles. The molecule has 4 rings (SSSR count). The Kier molecular flexibility index (Phi) is 7.75. The van der Waals surface area contributed by atoms with Gasteiger partial charge in [-0.05, 0) is 60.7 Å². The van der Waals surface area contributed by atoms with E-state index in [0.29, 0.717) is 33.9 Å². The van der Waals surface area contributed by atoms with Crippen LogP contribution in [0.4, 0.5) is 5.69 Å². The third-order valence-corrected chi connectivity index (χ3v) is 6.94. The molecule has 7 heteroatoms. The lowest BCUT2D eigenvalue weighted by Gasteiger charge is -2.15. The molecule has 168 valence electrons. The van der Waals surface area contributed by atoms with Crippen LogP contribution in [0.5, 0.6) is 11.5 Å². The molecule has 0 spiro atoms. The Hall–Kier alpha value is -2.74. The fourth-order valence-electron chi connectivity index (χ4n) is 3.33. The summed E-state index contributed by atoms with van der Waals surface area (Å²) in [7, 11) is 0. The number of carbonyl (C=O) groups is 1. The lowest BCUT2D eigenvalue weighted by atomic mass is 10.1. The minimum atomic E-state index is -0.120. The highest BCUT2D eigenvalue weighted by Gasteiger charge is 2.33. The molecule has 1 amide bonds. The van der Waals surface area contributed by atoms with Gasteiger partial charge in [-0.2, -0.15) is 0 Å². The largest absolute Gasteiger partial charge is 0.490 e. The molecule has 0 unspecified atom stereocenters. The number of thiocarbonyl (C=S) groups is 1. The lowest BCUT2D eigenvalue weighted by molar-refractivity contribution is -0.113. The number of carbonyl (C=O) groups excluding carboxylic acids is 1. The first-order valence-corrected chi connectivity index (χ1v) is 12.9. The second-order valence-corrected chi connectivity index (χ2v) is 9.69. The van der Waals surface area contributed by atoms with Crippen LogP contribution < -0.4 is 14.4 Å². The van der Waals surface area contributed by atoms with E-state index in [1.165, 1.54) is 11.8 Å². The Balaban J connectivity index is 1.55. The number of nitrogens with zero attached hydrogens (tertiary/aromatic N) is 1. The smallest absolute Gasteiger partial charge is 0.270 e. The van der Waals surface area contributed by atoms with Crippen LogP contribution in [0, 0.1) is 0 Å². The van der Waals surface area contributed by atoms with Crippen LogP contribution in [-0.4, -0.2) is 23.1 Å². The molecule has 0 aromatic heterocycles. The van der Waals surface area contributed by atoms with E-state index in [-0.39, 0.29) is 5.91 Å². The number of hydrogen-bond acceptors (Lipinski definition) is 6. The van der Waals surface area contributed by atoms with Gasteiger partial charge in [-0.15, -0.1) is 11.8 Å². The standard InChI is InChI=1S/C26H23NO3S3/c1-3-29-23-14-19(12-13-22(23)30-17-18-8-5-4-6-9-18)15-24-25(28)27(26(31)33-24)20-10-7-11-21(16-20)32-2/h4-16H,3,17H2,1-2H3/b24-15+. The van der Waals surface area contributed by atoms with E-state index < -0.39 is 0 Å². The third kappa shape index (κ3) is 5.61. The van der Waals surface area contributed by atoms with Gasteiger partial charge in [0.2, 0.25) is 0 Å². The van der Waals surface area contributed by atoms with E-state index in [4.69, 9.17) is 21.7 Å². The zero-order valence-electron chi connectivity index (χ0n) is 18.3. The van der Waals surface area contributed by atoms with E-state index in [0.717, 1.165) is 21.7 Å². The summed E-state index contributed by atoms with van der Waals surface area (Å²) < 4.78 is 12.3. The molecule has 1 fully saturated rings. The van der Waals surface area contributed by atoms with Gasteiger partial charge < -0.3 is 9.47 Å². The summed E-state index contributed by atoms with van der Waals surface area (Å²) >= 11 is 8.45. The second kappa shape index (κ2) is 10.9. The number of benzene rings is 3. The molecule has 1 saturated heterocycles. The zero-order chi connectivity index (χ0) is 23.2. The molecule has 1 aliphatic heterocycles. The van der Waals surface area contributed by atoms with Crippen molar-refractivity contribution >= 4 is 57.7 Å². The van der Waals surface area contributed by atoms with E-state index in [9.17, 15) is 4.79 Å². The van der Waals surface area contributed by atoms with Crippen molar-refractivity contribution < 1.29 is 14.3 Å². The first-order valence-electron chi connectivity index (χ1n) is 10.4. The van der Waals surface area contributed by atoms with E-state index in [2.05, 4.69) is 0 Å². The Bertz CT molecular complexity index is 1190. The molecule has 1 aliphatic rings. The van der Waals surface area contributed by atoms with Crippen molar-refractivity contribution in [3.05, 3.63) is 88.8 Å². The SMILES string of the molecule is CCOc1cc(/C=C2/SC(=S)N(c3cccc(SC)c3)C2=O)ccc1OCc1ccccc1. The van der Waals surface area contributed by atoms with Crippen molar-refractivity contribution in [1.29, 1.82) is 0 Å². The van der Waals surface area contributed by atoms with E-state index in [1.54, 1.807) is 16.7 Å². The minimum Gasteiger partial charge on any atom is -0.490 e. The van der Waals surface area contributed by atoms with Gasteiger partial charge in [0.15, 0.2) is 15.8 Å². The van der Waals surface area contributed by atoms with Gasteiger partial charge in [0, 0.05) is 4.90 Å². The Morgan fingerprint density at radius 1 is 1.00 bits per heavy atom. The quantitative estimate of drug-likeness (QED) is 0.195. The number of thioether (sulfide) groups is 2. The maximum atomic E-state index is 13.1. The molecular formula is C26H23NO3S3. The zero-order valence-corrected chi connectivity index (χ0v) is 20.8. The van der Waals surface area contributed by atoms with Crippen molar-refractivity contribution in [1.82, 2.24) is 0 Å². The van der Waals surface area contributed by atoms with Crippen molar-refractivity contribution in [3.8, 4) is 11.5 Å². The molecule has 3 aromatic carbocycles. The fourth-order valence-corrected chi connectivity index (χ4v) is 5.08. The minimum absolute atomic E-state index is 0.120. The number of anilines is 1. The van der Waals surface area contributed by atoms with Crippen molar-refractivity contribution in [2.24, 2.45) is 0 Å². The summed E-state index contributed by atoms with van der Waals surface area (Å²) in [5.41, 5.74) is 2.72. The summed E-state index contributed by atoms with van der Waals surface area (Å²) in [4.78, 5) is 16.4. The number of ether oxygens (including phenoxy) is 2. The van der Waals surface area contributed by atoms with Crippen LogP contribution in [-0.2, 0) is 11.4 Å². The molecule has 4 nitrogen and oxygen atoms in total. The Labute approximate surface area is 208 Å². The van der Waals surface area contributed by atoms with Crippen LogP contribution >= 0.6 is 35.7 Å². The van der Waals surface area contributed by atoms with Crippen LogP contribution in [0.1, 0.15) is 18.1 Å². The highest BCUT2D eigenvalue weighted by molar-refractivity contribution is 8.27. The van der Waals surface area contributed by atoms with E-state index in [1.807, 2.05) is 92.1 Å². The van der Waals surface area contributed by atoms with Gasteiger partial charge in [0.05, 0.1) is 17.2 Å². The van der Waals surface area contributed by atoms with Crippen molar-refractivity contribution in [2.75, 3.05) is 17.8 Å². The maximum absolute atomic E-state index is 13.1. The Morgan fingerprint density at radius 2 is 1.82 bits per heavy atom. The summed E-state index contributed by atoms with van der Waals surface area (Å²) in [6.45, 7) is 2.90. The average molecular weight is 494 g/mol. The summed E-state index contributed by atoms with van der Waals surface area (Å²) in [5.74, 6) is 1.19. The molecule has 0 radical (unpaired) electrons. The molecule has 0 saturated carbocycles. The van der Waals surface area contributed by atoms with Crippen LogP contribution in [0.2, 0.25) is 0 Å². The normalized spacial score (nSPS) is 14.7. The van der Waals surface area contributed by atoms with Gasteiger partial charge in [0.25, 0.3) is 5.91 Å². The molecular weight excluding hydrogens is 470 g/mol. The average Bonchev–Trinajstić information content (AvgIpc) is 3.12. The molecule has 33 heavy (non-hydrogen) atoms. The third-order valence-electron chi connectivity index (χ3n) is 4.91. The second-order valence-electron chi connectivity index (χ2n) is 7.13. The lowest BCUT2D eigenvalue weighted by Crippen LogP contribution is -2.27. The predicted octanol–water partition coefficient (Wildman–Crippen LogP) is 6.79. The summed E-state index contributed by atoms with van der Waals surface area (Å²) in [6, 6.07) is 23.5.